The van der Waals surface area contributed by atoms with Crippen molar-refractivity contribution >= 4 is 23.4 Å². The molecule has 1 aliphatic heterocycles. The van der Waals surface area contributed by atoms with Crippen LogP contribution in [0.15, 0.2) is 64.6 Å². The molecule has 2 aromatic heterocycles. The Morgan fingerprint density at radius 2 is 1.82 bits per heavy atom. The highest BCUT2D eigenvalue weighted by atomic mass is 16.5. The van der Waals surface area contributed by atoms with E-state index in [1.165, 1.54) is 0 Å². The van der Waals surface area contributed by atoms with Gasteiger partial charge in [0.05, 0.1) is 24.1 Å². The zero-order valence-corrected chi connectivity index (χ0v) is 15.9. The number of nitrogens with one attached hydrogen (secondary N) is 1. The van der Waals surface area contributed by atoms with Crippen molar-refractivity contribution in [3.63, 3.8) is 0 Å². The smallest absolute Gasteiger partial charge is 0.268 e. The van der Waals surface area contributed by atoms with Gasteiger partial charge in [-0.1, -0.05) is 24.3 Å². The van der Waals surface area contributed by atoms with E-state index < -0.39 is 0 Å². The number of hydrogen-bond acceptors (Lipinski definition) is 6. The number of hydrogen-bond donors (Lipinski definition) is 1. The van der Waals surface area contributed by atoms with Gasteiger partial charge >= 0.3 is 0 Å². The Kier molecular flexibility index (Phi) is 5.08. The van der Waals surface area contributed by atoms with Crippen LogP contribution >= 0.6 is 0 Å². The van der Waals surface area contributed by atoms with Crippen molar-refractivity contribution in [2.45, 2.75) is 26.1 Å². The number of nitrogens with zero attached hydrogens (tertiary/aromatic N) is 4. The molecule has 0 amide bonds. The van der Waals surface area contributed by atoms with E-state index in [1.54, 1.807) is 16.8 Å². The molecule has 1 fully saturated rings. The van der Waals surface area contributed by atoms with E-state index in [2.05, 4.69) is 15.4 Å². The van der Waals surface area contributed by atoms with Crippen molar-refractivity contribution in [2.75, 3.05) is 23.4 Å². The van der Waals surface area contributed by atoms with Gasteiger partial charge in [0.1, 0.15) is 17.0 Å². The van der Waals surface area contributed by atoms with Gasteiger partial charge in [-0.2, -0.15) is 5.10 Å². The molecule has 7 nitrogen and oxygen atoms in total. The van der Waals surface area contributed by atoms with E-state index in [4.69, 9.17) is 9.72 Å². The molecule has 0 radical (unpaired) electrons. The molecule has 1 saturated heterocycles. The highest BCUT2D eigenvalue weighted by Gasteiger charge is 2.26. The second-order valence-corrected chi connectivity index (χ2v) is 6.98. The van der Waals surface area contributed by atoms with Gasteiger partial charge in [-0.05, 0) is 38.1 Å². The topological polar surface area (TPSA) is 71.2 Å². The monoisotopic (exact) mass is 377 g/mol. The molecule has 2 atom stereocenters. The Morgan fingerprint density at radius 1 is 1.11 bits per heavy atom. The summed E-state index contributed by atoms with van der Waals surface area (Å²) in [7, 11) is 0. The van der Waals surface area contributed by atoms with Crippen LogP contribution in [0, 0.1) is 0 Å². The van der Waals surface area contributed by atoms with Gasteiger partial charge in [0.25, 0.3) is 5.56 Å². The summed E-state index contributed by atoms with van der Waals surface area (Å²) in [5.74, 6) is 0.636. The molecule has 28 heavy (non-hydrogen) atoms. The van der Waals surface area contributed by atoms with Crippen LogP contribution in [0.2, 0.25) is 0 Å². The van der Waals surface area contributed by atoms with Gasteiger partial charge in [0, 0.05) is 19.3 Å². The van der Waals surface area contributed by atoms with Gasteiger partial charge in [0.15, 0.2) is 0 Å². The summed E-state index contributed by atoms with van der Waals surface area (Å²) in [4.78, 5) is 20.0. The lowest BCUT2D eigenvalue weighted by molar-refractivity contribution is -0.00546. The van der Waals surface area contributed by atoms with Crippen molar-refractivity contribution in [1.82, 2.24) is 9.38 Å². The third kappa shape index (κ3) is 3.75. The van der Waals surface area contributed by atoms with Crippen molar-refractivity contribution < 1.29 is 4.74 Å². The predicted molar refractivity (Wildman–Crippen MR) is 111 cm³/mol. The first-order valence-corrected chi connectivity index (χ1v) is 9.38. The minimum absolute atomic E-state index is 0.0620. The van der Waals surface area contributed by atoms with Crippen molar-refractivity contribution in [3.8, 4) is 0 Å². The first-order valence-electron chi connectivity index (χ1n) is 9.38. The minimum atomic E-state index is -0.147. The number of ether oxygens (including phenoxy) is 1. The van der Waals surface area contributed by atoms with Gasteiger partial charge in [-0.25, -0.2) is 4.98 Å². The van der Waals surface area contributed by atoms with Crippen LogP contribution in [0.5, 0.6) is 0 Å². The zero-order valence-electron chi connectivity index (χ0n) is 15.9. The normalized spacial score (nSPS) is 20.0. The maximum absolute atomic E-state index is 13.1. The zero-order chi connectivity index (χ0) is 19.5. The number of benzene rings is 1. The standard InChI is InChI=1S/C21H23N5O2/c1-15-13-25(14-16(2)28-15)20-18(12-22-24-17-8-4-3-5-9-17)21(27)26-11-7-6-10-19(26)23-20/h3-12,15-16,24H,13-14H2,1-2H3. The van der Waals surface area contributed by atoms with Crippen LogP contribution in [0.25, 0.3) is 5.65 Å². The lowest BCUT2D eigenvalue weighted by atomic mass is 10.2. The average Bonchev–Trinajstić information content (AvgIpc) is 2.69. The molecule has 3 aromatic rings. The molecular weight excluding hydrogens is 354 g/mol. The van der Waals surface area contributed by atoms with E-state index >= 15 is 0 Å². The van der Waals surface area contributed by atoms with E-state index in [9.17, 15) is 4.79 Å². The van der Waals surface area contributed by atoms with E-state index in [-0.39, 0.29) is 17.8 Å². The Balaban J connectivity index is 1.76. The van der Waals surface area contributed by atoms with Crippen LogP contribution in [-0.4, -0.2) is 40.9 Å². The second-order valence-electron chi connectivity index (χ2n) is 6.98. The SMILES string of the molecule is CC1CN(c2nc3ccccn3c(=O)c2C=NNc2ccccc2)CC(C)O1. The number of pyridine rings is 1. The molecule has 144 valence electrons. The first kappa shape index (κ1) is 18.2. The first-order chi connectivity index (χ1) is 13.6. The fourth-order valence-corrected chi connectivity index (χ4v) is 3.48. The summed E-state index contributed by atoms with van der Waals surface area (Å²) in [6.45, 7) is 5.40. The Labute approximate surface area is 163 Å². The molecule has 3 heterocycles. The Morgan fingerprint density at radius 3 is 2.57 bits per heavy atom. The maximum Gasteiger partial charge on any atom is 0.268 e. The highest BCUT2D eigenvalue weighted by Crippen LogP contribution is 2.21. The van der Waals surface area contributed by atoms with Gasteiger partial charge in [0.2, 0.25) is 0 Å². The number of fused-ring (bicyclic) bond motifs is 1. The number of rotatable bonds is 4. The average molecular weight is 377 g/mol. The number of anilines is 2. The van der Waals surface area contributed by atoms with E-state index in [1.807, 2.05) is 62.4 Å². The van der Waals surface area contributed by atoms with Crippen LogP contribution in [0.1, 0.15) is 19.4 Å². The minimum Gasteiger partial charge on any atom is -0.372 e. The summed E-state index contributed by atoms with van der Waals surface area (Å²) in [6, 6.07) is 15.1. The Hall–Kier alpha value is -3.19. The van der Waals surface area contributed by atoms with Gasteiger partial charge < -0.3 is 9.64 Å². The van der Waals surface area contributed by atoms with Crippen molar-refractivity contribution in [2.24, 2.45) is 5.10 Å². The molecule has 0 aliphatic carbocycles. The molecular formula is C21H23N5O2. The van der Waals surface area contributed by atoms with Crippen molar-refractivity contribution in [1.29, 1.82) is 0 Å². The third-order valence-electron chi connectivity index (χ3n) is 4.63. The second kappa shape index (κ2) is 7.82. The summed E-state index contributed by atoms with van der Waals surface area (Å²) >= 11 is 0. The molecule has 7 heteroatoms. The summed E-state index contributed by atoms with van der Waals surface area (Å²) in [6.07, 6.45) is 3.40. The molecule has 1 aliphatic rings. The molecule has 0 bridgehead atoms. The van der Waals surface area contributed by atoms with Crippen LogP contribution < -0.4 is 15.9 Å². The molecule has 1 N–H and O–H groups in total. The Bertz CT molecular complexity index is 1040. The summed E-state index contributed by atoms with van der Waals surface area (Å²) in [5.41, 5.74) is 4.73. The van der Waals surface area contributed by atoms with E-state index in [0.717, 1.165) is 5.69 Å². The van der Waals surface area contributed by atoms with Crippen molar-refractivity contribution in [3.05, 3.63) is 70.6 Å². The third-order valence-corrected chi connectivity index (χ3v) is 4.63. The largest absolute Gasteiger partial charge is 0.372 e. The van der Waals surface area contributed by atoms with Gasteiger partial charge in [-0.3, -0.25) is 14.6 Å². The molecule has 0 spiro atoms. The van der Waals surface area contributed by atoms with Gasteiger partial charge in [-0.15, -0.1) is 0 Å². The fraction of sp³-hybridized carbons (Fsp3) is 0.286. The van der Waals surface area contributed by atoms with E-state index in [0.29, 0.717) is 30.1 Å². The number of morpholine rings is 1. The molecule has 4 rings (SSSR count). The van der Waals surface area contributed by atoms with Crippen LogP contribution in [0.4, 0.5) is 11.5 Å². The maximum atomic E-state index is 13.1. The van der Waals surface area contributed by atoms with Crippen LogP contribution in [0.3, 0.4) is 0 Å². The fourth-order valence-electron chi connectivity index (χ4n) is 3.48. The quantitative estimate of drug-likeness (QED) is 0.559. The number of aromatic nitrogens is 2. The molecule has 0 saturated carbocycles. The lowest BCUT2D eigenvalue weighted by Crippen LogP contribution is -2.47. The highest BCUT2D eigenvalue weighted by molar-refractivity contribution is 5.87. The summed E-state index contributed by atoms with van der Waals surface area (Å²) < 4.78 is 7.38. The lowest BCUT2D eigenvalue weighted by Gasteiger charge is -2.36. The molecule has 2 unspecified atom stereocenters. The molecule has 1 aromatic carbocycles. The predicted octanol–water partition coefficient (Wildman–Crippen LogP) is 2.75. The summed E-state index contributed by atoms with van der Waals surface area (Å²) in [5, 5.41) is 4.29. The number of hydrazone groups is 1. The number of para-hydroxylation sites is 1. The van der Waals surface area contributed by atoms with Crippen LogP contribution in [-0.2, 0) is 4.74 Å².